The molecule has 30 heavy (non-hydrogen) atoms. The lowest BCUT2D eigenvalue weighted by Crippen LogP contribution is -2.55. The molecule has 0 amide bonds. The summed E-state index contributed by atoms with van der Waals surface area (Å²) >= 11 is 12.7. The average molecular weight is 494 g/mol. The summed E-state index contributed by atoms with van der Waals surface area (Å²) in [5.74, 6) is 1.99. The van der Waals surface area contributed by atoms with Gasteiger partial charge in [-0.05, 0) is 55.6 Å². The van der Waals surface area contributed by atoms with Gasteiger partial charge in [0.15, 0.2) is 11.5 Å². The number of rotatable bonds is 7. The topological polar surface area (TPSA) is 33.7 Å². The van der Waals surface area contributed by atoms with E-state index in [0.29, 0.717) is 34.2 Å². The number of hydrogen-bond donors (Lipinski definition) is 1. The Morgan fingerprint density at radius 2 is 1.80 bits per heavy atom. The van der Waals surface area contributed by atoms with Gasteiger partial charge in [-0.2, -0.15) is 0 Å². The Balaban J connectivity index is 0.00000160. The second-order valence-corrected chi connectivity index (χ2v) is 8.43. The van der Waals surface area contributed by atoms with Crippen LogP contribution in [-0.4, -0.2) is 37.7 Å². The van der Waals surface area contributed by atoms with Gasteiger partial charge in [0.25, 0.3) is 0 Å². The summed E-state index contributed by atoms with van der Waals surface area (Å²) in [7, 11) is 1.64. The van der Waals surface area contributed by atoms with Crippen LogP contribution in [0, 0.1) is 5.92 Å². The van der Waals surface area contributed by atoms with E-state index in [1.807, 2.05) is 36.4 Å². The SMILES string of the molecule is COc1cc(CNC2CN3CCC2CC3)cc(Cl)c1OCc1ccccc1Cl.Cl.Cl. The van der Waals surface area contributed by atoms with E-state index in [-0.39, 0.29) is 24.8 Å². The van der Waals surface area contributed by atoms with Crippen molar-refractivity contribution in [3.05, 3.63) is 57.6 Å². The van der Waals surface area contributed by atoms with Crippen molar-refractivity contribution in [2.75, 3.05) is 26.7 Å². The molecule has 2 bridgehead atoms. The van der Waals surface area contributed by atoms with Crippen LogP contribution < -0.4 is 14.8 Å². The summed E-state index contributed by atoms with van der Waals surface area (Å²) in [6.07, 6.45) is 2.60. The number of benzene rings is 2. The molecule has 0 aromatic heterocycles. The first-order valence-electron chi connectivity index (χ1n) is 9.82. The molecule has 2 aromatic carbocycles. The van der Waals surface area contributed by atoms with E-state index in [9.17, 15) is 0 Å². The van der Waals surface area contributed by atoms with E-state index < -0.39 is 0 Å². The van der Waals surface area contributed by atoms with Crippen LogP contribution in [0.25, 0.3) is 0 Å². The zero-order chi connectivity index (χ0) is 19.5. The normalized spacial score (nSPS) is 22.0. The maximum atomic E-state index is 6.53. The third-order valence-electron chi connectivity index (χ3n) is 5.84. The maximum Gasteiger partial charge on any atom is 0.180 e. The van der Waals surface area contributed by atoms with Crippen LogP contribution in [0.1, 0.15) is 24.0 Å². The van der Waals surface area contributed by atoms with Crippen molar-refractivity contribution >= 4 is 48.0 Å². The van der Waals surface area contributed by atoms with Gasteiger partial charge in [0, 0.05) is 29.7 Å². The van der Waals surface area contributed by atoms with E-state index in [1.54, 1.807) is 7.11 Å². The van der Waals surface area contributed by atoms with Gasteiger partial charge in [0.2, 0.25) is 0 Å². The Morgan fingerprint density at radius 1 is 1.07 bits per heavy atom. The number of fused-ring (bicyclic) bond motifs is 3. The van der Waals surface area contributed by atoms with Crippen molar-refractivity contribution in [2.24, 2.45) is 5.92 Å². The van der Waals surface area contributed by atoms with Crippen LogP contribution in [0.2, 0.25) is 10.0 Å². The predicted octanol–water partition coefficient (Wildman–Crippen LogP) is 5.61. The number of ether oxygens (including phenoxy) is 2. The van der Waals surface area contributed by atoms with Gasteiger partial charge < -0.3 is 19.7 Å². The lowest BCUT2D eigenvalue weighted by Gasteiger charge is -2.45. The summed E-state index contributed by atoms with van der Waals surface area (Å²) in [4.78, 5) is 2.55. The molecule has 0 saturated carbocycles. The highest BCUT2D eigenvalue weighted by molar-refractivity contribution is 6.32. The van der Waals surface area contributed by atoms with Gasteiger partial charge in [0.1, 0.15) is 6.61 Å². The number of hydrogen-bond acceptors (Lipinski definition) is 4. The zero-order valence-corrected chi connectivity index (χ0v) is 20.0. The average Bonchev–Trinajstić information content (AvgIpc) is 2.73. The second-order valence-electron chi connectivity index (χ2n) is 7.61. The minimum absolute atomic E-state index is 0. The smallest absolute Gasteiger partial charge is 0.180 e. The third-order valence-corrected chi connectivity index (χ3v) is 6.49. The molecule has 3 aliphatic heterocycles. The molecule has 3 saturated heterocycles. The molecule has 166 valence electrons. The monoisotopic (exact) mass is 492 g/mol. The Labute approximate surface area is 201 Å². The quantitative estimate of drug-likeness (QED) is 0.543. The first kappa shape index (κ1) is 25.4. The number of methoxy groups -OCH3 is 1. The molecule has 2 aromatic rings. The Bertz CT molecular complexity index is 829. The molecule has 3 fully saturated rings. The van der Waals surface area contributed by atoms with Gasteiger partial charge in [-0.3, -0.25) is 0 Å². The summed E-state index contributed by atoms with van der Waals surface area (Å²) in [6.45, 7) is 4.76. The van der Waals surface area contributed by atoms with Crippen LogP contribution in [0.3, 0.4) is 0 Å². The number of nitrogens with zero attached hydrogens (tertiary/aromatic N) is 1. The predicted molar refractivity (Wildman–Crippen MR) is 128 cm³/mol. The number of halogens is 4. The summed E-state index contributed by atoms with van der Waals surface area (Å²) in [5, 5.41) is 4.95. The highest BCUT2D eigenvalue weighted by Gasteiger charge is 2.33. The molecule has 1 unspecified atom stereocenters. The van der Waals surface area contributed by atoms with Crippen molar-refractivity contribution in [3.8, 4) is 11.5 Å². The van der Waals surface area contributed by atoms with Gasteiger partial charge in [-0.25, -0.2) is 0 Å². The van der Waals surface area contributed by atoms with Crippen LogP contribution in [-0.2, 0) is 13.2 Å². The molecule has 5 rings (SSSR count). The fourth-order valence-corrected chi connectivity index (χ4v) is 4.70. The zero-order valence-electron chi connectivity index (χ0n) is 16.9. The fourth-order valence-electron chi connectivity index (χ4n) is 4.23. The van der Waals surface area contributed by atoms with Crippen molar-refractivity contribution in [2.45, 2.75) is 32.0 Å². The summed E-state index contributed by atoms with van der Waals surface area (Å²) in [5.41, 5.74) is 2.01. The molecule has 3 heterocycles. The van der Waals surface area contributed by atoms with Gasteiger partial charge in [0.05, 0.1) is 12.1 Å². The van der Waals surface area contributed by atoms with Gasteiger partial charge in [-0.15, -0.1) is 24.8 Å². The third kappa shape index (κ3) is 5.87. The Morgan fingerprint density at radius 3 is 2.43 bits per heavy atom. The Kier molecular flexibility index (Phi) is 9.86. The highest BCUT2D eigenvalue weighted by atomic mass is 35.5. The van der Waals surface area contributed by atoms with E-state index in [1.165, 1.54) is 25.9 Å². The minimum atomic E-state index is 0. The molecule has 1 N–H and O–H groups in total. The van der Waals surface area contributed by atoms with Crippen molar-refractivity contribution in [3.63, 3.8) is 0 Å². The van der Waals surface area contributed by atoms with Crippen LogP contribution in [0.5, 0.6) is 11.5 Å². The molecule has 0 spiro atoms. The van der Waals surface area contributed by atoms with Crippen molar-refractivity contribution < 1.29 is 9.47 Å². The van der Waals surface area contributed by atoms with Crippen LogP contribution in [0.15, 0.2) is 36.4 Å². The van der Waals surface area contributed by atoms with E-state index >= 15 is 0 Å². The van der Waals surface area contributed by atoms with Crippen molar-refractivity contribution in [1.82, 2.24) is 10.2 Å². The largest absolute Gasteiger partial charge is 0.493 e. The molecule has 0 aliphatic carbocycles. The van der Waals surface area contributed by atoms with Crippen molar-refractivity contribution in [1.29, 1.82) is 0 Å². The van der Waals surface area contributed by atoms with Crippen LogP contribution >= 0.6 is 48.0 Å². The summed E-state index contributed by atoms with van der Waals surface area (Å²) in [6, 6.07) is 12.1. The summed E-state index contributed by atoms with van der Waals surface area (Å²) < 4.78 is 11.5. The second kappa shape index (κ2) is 11.7. The molecular formula is C22H28Cl4N2O2. The standard InChI is InChI=1S/C22H26Cl2N2O2.2ClH/c1-27-21-11-15(12-25-20-13-26-8-6-16(20)7-9-26)10-19(24)22(21)28-14-17-4-2-3-5-18(17)23;;/h2-5,10-11,16,20,25H,6-9,12-14H2,1H3;2*1H. The molecule has 4 nitrogen and oxygen atoms in total. The molecule has 0 radical (unpaired) electrons. The lowest BCUT2D eigenvalue weighted by atomic mass is 9.84. The van der Waals surface area contributed by atoms with Crippen LogP contribution in [0.4, 0.5) is 0 Å². The number of nitrogens with one attached hydrogen (secondary N) is 1. The van der Waals surface area contributed by atoms with E-state index in [0.717, 1.165) is 30.1 Å². The first-order chi connectivity index (χ1) is 13.6. The lowest BCUT2D eigenvalue weighted by molar-refractivity contribution is 0.0720. The molecule has 8 heteroatoms. The van der Waals surface area contributed by atoms with E-state index in [4.69, 9.17) is 32.7 Å². The van der Waals surface area contributed by atoms with Gasteiger partial charge >= 0.3 is 0 Å². The molecular weight excluding hydrogens is 466 g/mol. The van der Waals surface area contributed by atoms with Gasteiger partial charge in [-0.1, -0.05) is 41.4 Å². The molecule has 3 aliphatic rings. The highest BCUT2D eigenvalue weighted by Crippen LogP contribution is 2.37. The number of piperidine rings is 3. The minimum Gasteiger partial charge on any atom is -0.493 e. The maximum absolute atomic E-state index is 6.53. The molecule has 1 atom stereocenters. The van der Waals surface area contributed by atoms with E-state index in [2.05, 4.69) is 10.2 Å². The first-order valence-corrected chi connectivity index (χ1v) is 10.6. The Hall–Kier alpha value is -0.880. The fraction of sp³-hybridized carbons (Fsp3) is 0.455.